The molecule has 35 heavy (non-hydrogen) atoms. The number of ether oxygens (including phenoxy) is 1. The summed E-state index contributed by atoms with van der Waals surface area (Å²) in [7, 11) is -4.16. The fraction of sp³-hybridized carbons (Fsp3) is 0.476. The largest absolute Gasteiger partial charge is 0.462 e. The van der Waals surface area contributed by atoms with E-state index in [1.54, 1.807) is 44.2 Å². The Balaban J connectivity index is 1.75. The Hall–Kier alpha value is -2.41. The van der Waals surface area contributed by atoms with Crippen molar-refractivity contribution in [1.29, 1.82) is 0 Å². The van der Waals surface area contributed by atoms with Gasteiger partial charge in [-0.05, 0) is 39.0 Å². The number of aromatic nitrogens is 2. The number of hydrogen-bond donors (Lipinski definition) is 4. The van der Waals surface area contributed by atoms with Gasteiger partial charge in [0.2, 0.25) is 0 Å². The van der Waals surface area contributed by atoms with Gasteiger partial charge in [-0.2, -0.15) is 10.1 Å². The molecule has 1 saturated heterocycles. The normalized spacial score (nSPS) is 24.6. The molecule has 5 N–H and O–H groups in total. The van der Waals surface area contributed by atoms with E-state index in [-0.39, 0.29) is 24.3 Å². The Bertz CT molecular complexity index is 1120. The average Bonchev–Trinajstić information content (AvgIpc) is 3.06. The van der Waals surface area contributed by atoms with Crippen molar-refractivity contribution in [3.63, 3.8) is 0 Å². The van der Waals surface area contributed by atoms with Gasteiger partial charge in [-0.3, -0.25) is 13.9 Å². The number of nitrogens with zero attached hydrogens (tertiary/aromatic N) is 2. The standard InChI is InChI=1S/C21H29N4O8PS/c1-12(2)32-20(28)13(3)24-34(30,33-14-7-5-4-6-8-14)31-11-15-17(26)18(27)19(35-15)25-10-9-16(22)23-21(25)29/h4-10,12-13,15,17-19,26-27H,11H2,1-3H3,(H,24,30)(H2,22,23,29)/t13-,15+,17?,18?,19+,34-/m0/s1. The van der Waals surface area contributed by atoms with Crippen molar-refractivity contribution in [3.05, 3.63) is 53.1 Å². The van der Waals surface area contributed by atoms with E-state index in [0.29, 0.717) is 0 Å². The molecule has 1 aromatic carbocycles. The number of nitrogens with two attached hydrogens (primary N) is 1. The molecular weight excluding hydrogens is 499 g/mol. The molecule has 0 saturated carbocycles. The number of aliphatic hydroxyl groups is 2. The molecule has 2 unspecified atom stereocenters. The average molecular weight is 529 g/mol. The van der Waals surface area contributed by atoms with Crippen LogP contribution in [0.1, 0.15) is 26.1 Å². The first kappa shape index (κ1) is 27.2. The quantitative estimate of drug-likeness (QED) is 0.257. The van der Waals surface area contributed by atoms with Crippen molar-refractivity contribution >= 4 is 31.3 Å². The summed E-state index contributed by atoms with van der Waals surface area (Å²) in [6.07, 6.45) is -1.66. The first-order chi connectivity index (χ1) is 16.5. The van der Waals surface area contributed by atoms with Crippen LogP contribution in [0.25, 0.3) is 0 Å². The summed E-state index contributed by atoms with van der Waals surface area (Å²) in [5.41, 5.74) is 4.83. The maximum atomic E-state index is 13.6. The van der Waals surface area contributed by atoms with Crippen molar-refractivity contribution in [2.45, 2.75) is 55.7 Å². The molecule has 1 aromatic heterocycles. The summed E-state index contributed by atoms with van der Waals surface area (Å²) in [6.45, 7) is 4.49. The molecule has 0 aliphatic carbocycles. The molecule has 192 valence electrons. The van der Waals surface area contributed by atoms with Gasteiger partial charge in [0.15, 0.2) is 0 Å². The number of hydrogen-bond acceptors (Lipinski definition) is 11. The number of para-hydroxylation sites is 1. The van der Waals surface area contributed by atoms with Gasteiger partial charge < -0.3 is 25.2 Å². The lowest BCUT2D eigenvalue weighted by Crippen LogP contribution is -2.38. The van der Waals surface area contributed by atoms with Gasteiger partial charge in [-0.1, -0.05) is 18.2 Å². The van der Waals surface area contributed by atoms with Gasteiger partial charge in [0.05, 0.1) is 24.1 Å². The van der Waals surface area contributed by atoms with Crippen LogP contribution in [-0.4, -0.2) is 61.9 Å². The molecule has 0 amide bonds. The van der Waals surface area contributed by atoms with Gasteiger partial charge >= 0.3 is 19.4 Å². The van der Waals surface area contributed by atoms with Crippen molar-refractivity contribution in [2.75, 3.05) is 12.3 Å². The number of nitrogens with one attached hydrogen (secondary N) is 1. The molecular formula is C21H29N4O8PS. The Kier molecular flexibility index (Phi) is 8.97. The zero-order valence-electron chi connectivity index (χ0n) is 19.4. The number of esters is 1. The van der Waals surface area contributed by atoms with E-state index in [1.165, 1.54) is 19.2 Å². The highest BCUT2D eigenvalue weighted by Gasteiger charge is 2.45. The predicted octanol–water partition coefficient (Wildman–Crippen LogP) is 1.29. The summed E-state index contributed by atoms with van der Waals surface area (Å²) in [4.78, 5) is 28.1. The topological polar surface area (TPSA) is 175 Å². The number of anilines is 1. The third kappa shape index (κ3) is 7.06. The van der Waals surface area contributed by atoms with Gasteiger partial charge in [0.1, 0.15) is 29.1 Å². The highest BCUT2D eigenvalue weighted by molar-refractivity contribution is 8.00. The summed E-state index contributed by atoms with van der Waals surface area (Å²) in [5.74, 6) is -0.398. The third-order valence-electron chi connectivity index (χ3n) is 4.90. The summed E-state index contributed by atoms with van der Waals surface area (Å²) in [5, 5.41) is 22.0. The van der Waals surface area contributed by atoms with Crippen LogP contribution < -0.4 is 21.0 Å². The number of aliphatic hydroxyl groups excluding tert-OH is 2. The van der Waals surface area contributed by atoms with Crippen molar-refractivity contribution in [2.24, 2.45) is 0 Å². The van der Waals surface area contributed by atoms with Crippen LogP contribution in [0.5, 0.6) is 5.75 Å². The number of thioether (sulfide) groups is 1. The third-order valence-corrected chi connectivity index (χ3v) is 8.09. The molecule has 6 atom stereocenters. The fourth-order valence-electron chi connectivity index (χ4n) is 3.22. The van der Waals surface area contributed by atoms with E-state index in [9.17, 15) is 24.4 Å². The van der Waals surface area contributed by atoms with Crippen LogP contribution >= 0.6 is 19.5 Å². The van der Waals surface area contributed by atoms with Gasteiger partial charge in [-0.25, -0.2) is 9.36 Å². The van der Waals surface area contributed by atoms with E-state index in [1.807, 2.05) is 0 Å². The van der Waals surface area contributed by atoms with Crippen molar-refractivity contribution in [3.8, 4) is 5.75 Å². The Morgan fingerprint density at radius 1 is 1.23 bits per heavy atom. The zero-order chi connectivity index (χ0) is 25.8. The maximum absolute atomic E-state index is 13.6. The second kappa shape index (κ2) is 11.5. The van der Waals surface area contributed by atoms with Gasteiger partial charge in [0.25, 0.3) is 0 Å². The second-order valence-electron chi connectivity index (χ2n) is 8.12. The summed E-state index contributed by atoms with van der Waals surface area (Å²) in [6, 6.07) is 8.58. The van der Waals surface area contributed by atoms with Crippen LogP contribution in [0.4, 0.5) is 5.82 Å². The highest BCUT2D eigenvalue weighted by Crippen LogP contribution is 2.48. The van der Waals surface area contributed by atoms with E-state index >= 15 is 0 Å². The fourth-order valence-corrected chi connectivity index (χ4v) is 6.28. The number of benzene rings is 1. The Morgan fingerprint density at radius 2 is 1.91 bits per heavy atom. The summed E-state index contributed by atoms with van der Waals surface area (Å²) < 4.78 is 31.0. The van der Waals surface area contributed by atoms with E-state index in [0.717, 1.165) is 16.3 Å². The lowest BCUT2D eigenvalue weighted by atomic mass is 10.1. The minimum Gasteiger partial charge on any atom is -0.462 e. The molecule has 0 bridgehead atoms. The van der Waals surface area contributed by atoms with Crippen LogP contribution in [0.2, 0.25) is 0 Å². The minimum absolute atomic E-state index is 0.0272. The van der Waals surface area contributed by atoms with E-state index in [4.69, 9.17) is 19.5 Å². The molecule has 2 heterocycles. The first-order valence-electron chi connectivity index (χ1n) is 10.8. The number of rotatable bonds is 10. The van der Waals surface area contributed by atoms with E-state index in [2.05, 4.69) is 10.1 Å². The molecule has 14 heteroatoms. The maximum Gasteiger partial charge on any atom is 0.459 e. The molecule has 0 spiro atoms. The van der Waals surface area contributed by atoms with E-state index < -0.39 is 48.3 Å². The molecule has 0 radical (unpaired) electrons. The van der Waals surface area contributed by atoms with Crippen molar-refractivity contribution < 1.29 is 33.4 Å². The Morgan fingerprint density at radius 3 is 2.54 bits per heavy atom. The zero-order valence-corrected chi connectivity index (χ0v) is 21.1. The second-order valence-corrected chi connectivity index (χ2v) is 11.2. The highest BCUT2D eigenvalue weighted by atomic mass is 32.2. The molecule has 1 fully saturated rings. The molecule has 1 aliphatic heterocycles. The van der Waals surface area contributed by atoms with Crippen LogP contribution in [0.15, 0.2) is 47.4 Å². The number of carbonyl (C=O) groups is 1. The monoisotopic (exact) mass is 528 g/mol. The Labute approximate surface area is 206 Å². The van der Waals surface area contributed by atoms with Crippen LogP contribution in [0.3, 0.4) is 0 Å². The van der Waals surface area contributed by atoms with Crippen molar-refractivity contribution in [1.82, 2.24) is 14.6 Å². The predicted molar refractivity (Wildman–Crippen MR) is 130 cm³/mol. The smallest absolute Gasteiger partial charge is 0.459 e. The van der Waals surface area contributed by atoms with Crippen LogP contribution in [0, 0.1) is 0 Å². The lowest BCUT2D eigenvalue weighted by Gasteiger charge is -2.25. The number of nitrogen functional groups attached to an aromatic ring is 1. The SMILES string of the molecule is CC(C)OC(=O)[C@H](C)N[P@](=O)(OC[C@H]1S[C@@H](n2ccc(N)nc2=O)C(O)C1O)Oc1ccccc1. The molecule has 1 aliphatic rings. The molecule has 2 aromatic rings. The van der Waals surface area contributed by atoms with Gasteiger partial charge in [-0.15, -0.1) is 11.8 Å². The molecule has 12 nitrogen and oxygen atoms in total. The molecule has 3 rings (SSSR count). The lowest BCUT2D eigenvalue weighted by molar-refractivity contribution is -0.149. The van der Waals surface area contributed by atoms with Gasteiger partial charge in [0, 0.05) is 6.20 Å². The first-order valence-corrected chi connectivity index (χ1v) is 13.3. The summed E-state index contributed by atoms with van der Waals surface area (Å²) >= 11 is 1.04. The van der Waals surface area contributed by atoms with Crippen LogP contribution in [-0.2, 0) is 18.6 Å². The minimum atomic E-state index is -4.16. The number of carbonyl (C=O) groups excluding carboxylic acids is 1.